The van der Waals surface area contributed by atoms with E-state index in [9.17, 15) is 9.59 Å². The van der Waals surface area contributed by atoms with E-state index in [1.807, 2.05) is 60.7 Å². The molecule has 0 fully saturated rings. The highest BCUT2D eigenvalue weighted by molar-refractivity contribution is 6.10. The van der Waals surface area contributed by atoms with Crippen LogP contribution in [0.15, 0.2) is 82.6 Å². The van der Waals surface area contributed by atoms with Crippen molar-refractivity contribution in [3.8, 4) is 0 Å². The van der Waals surface area contributed by atoms with Gasteiger partial charge in [-0.3, -0.25) is 9.59 Å². The monoisotopic (exact) mass is 384 g/mol. The van der Waals surface area contributed by atoms with Gasteiger partial charge in [0.05, 0.1) is 17.6 Å². The molecule has 144 valence electrons. The molecule has 0 bridgehead atoms. The van der Waals surface area contributed by atoms with E-state index in [-0.39, 0.29) is 17.6 Å². The van der Waals surface area contributed by atoms with E-state index in [4.69, 9.17) is 4.42 Å². The van der Waals surface area contributed by atoms with Gasteiger partial charge in [-0.25, -0.2) is 0 Å². The van der Waals surface area contributed by atoms with Crippen molar-refractivity contribution in [1.82, 2.24) is 0 Å². The van der Waals surface area contributed by atoms with Crippen LogP contribution in [0.4, 0.5) is 11.4 Å². The predicted molar refractivity (Wildman–Crippen MR) is 111 cm³/mol. The van der Waals surface area contributed by atoms with Crippen molar-refractivity contribution in [2.45, 2.75) is 25.3 Å². The number of ketones is 2. The van der Waals surface area contributed by atoms with Crippen molar-refractivity contribution in [2.75, 3.05) is 10.6 Å². The van der Waals surface area contributed by atoms with Gasteiger partial charge in [0, 0.05) is 28.8 Å². The normalized spacial score (nSPS) is 18.2. The van der Waals surface area contributed by atoms with Crippen LogP contribution < -0.4 is 10.6 Å². The Kier molecular flexibility index (Phi) is 4.28. The number of nitrogens with one attached hydrogen (secondary N) is 2. The van der Waals surface area contributed by atoms with E-state index in [0.717, 1.165) is 35.5 Å². The van der Waals surface area contributed by atoms with Crippen LogP contribution in [-0.2, 0) is 4.79 Å². The van der Waals surface area contributed by atoms with Gasteiger partial charge in [-0.1, -0.05) is 30.3 Å². The minimum Gasteiger partial charge on any atom is -0.467 e. The number of furan rings is 1. The number of fused-ring (bicyclic) bond motifs is 1. The van der Waals surface area contributed by atoms with Gasteiger partial charge >= 0.3 is 0 Å². The lowest BCUT2D eigenvalue weighted by Crippen LogP contribution is -2.23. The van der Waals surface area contributed by atoms with E-state index in [2.05, 4.69) is 10.6 Å². The fraction of sp³-hybridized carbons (Fsp3) is 0.167. The van der Waals surface area contributed by atoms with Crippen LogP contribution in [0, 0.1) is 0 Å². The first-order valence-electron chi connectivity index (χ1n) is 9.78. The van der Waals surface area contributed by atoms with Gasteiger partial charge in [-0.05, 0) is 43.2 Å². The number of rotatable bonds is 3. The Morgan fingerprint density at radius 3 is 2.59 bits per heavy atom. The van der Waals surface area contributed by atoms with Crippen molar-refractivity contribution < 1.29 is 14.0 Å². The first-order chi connectivity index (χ1) is 14.2. The summed E-state index contributed by atoms with van der Waals surface area (Å²) in [6.07, 6.45) is 3.75. The molecule has 0 saturated heterocycles. The van der Waals surface area contributed by atoms with Gasteiger partial charge in [-0.15, -0.1) is 0 Å². The Balaban J connectivity index is 1.58. The summed E-state index contributed by atoms with van der Waals surface area (Å²) in [5.74, 6) is 0.795. The third-order valence-corrected chi connectivity index (χ3v) is 5.48. The summed E-state index contributed by atoms with van der Waals surface area (Å²) in [5.41, 5.74) is 4.50. The number of hydrogen-bond donors (Lipinski definition) is 2. The van der Waals surface area contributed by atoms with Crippen LogP contribution in [0.2, 0.25) is 0 Å². The molecule has 0 unspecified atom stereocenters. The molecule has 1 atom stereocenters. The maximum atomic E-state index is 12.9. The lowest BCUT2D eigenvalue weighted by molar-refractivity contribution is -0.116. The van der Waals surface area contributed by atoms with Crippen LogP contribution in [0.3, 0.4) is 0 Å². The summed E-state index contributed by atoms with van der Waals surface area (Å²) >= 11 is 0. The molecule has 1 aliphatic carbocycles. The summed E-state index contributed by atoms with van der Waals surface area (Å²) in [7, 11) is 0. The van der Waals surface area contributed by atoms with E-state index in [0.29, 0.717) is 23.3 Å². The Bertz CT molecular complexity index is 1110. The van der Waals surface area contributed by atoms with Gasteiger partial charge < -0.3 is 15.1 Å². The van der Waals surface area contributed by atoms with Crippen LogP contribution in [-0.4, -0.2) is 11.6 Å². The zero-order chi connectivity index (χ0) is 19.8. The van der Waals surface area contributed by atoms with Crippen LogP contribution in [0.1, 0.15) is 47.0 Å². The number of anilines is 2. The average molecular weight is 384 g/mol. The molecular formula is C24H20N2O3. The average Bonchev–Trinajstić information content (AvgIpc) is 3.22. The summed E-state index contributed by atoms with van der Waals surface area (Å²) < 4.78 is 5.63. The summed E-state index contributed by atoms with van der Waals surface area (Å²) in [5, 5.41) is 6.88. The number of benzene rings is 2. The highest BCUT2D eigenvalue weighted by Gasteiger charge is 2.33. The van der Waals surface area contributed by atoms with E-state index >= 15 is 0 Å². The molecule has 29 heavy (non-hydrogen) atoms. The SMILES string of the molecule is O=C1CCCC2=C1[C@H](c1ccco1)Nc1ccc(C(=O)c3ccccc3)cc1N2. The molecule has 5 heteroatoms. The minimum atomic E-state index is -0.350. The molecule has 0 saturated carbocycles. The van der Waals surface area contributed by atoms with Gasteiger partial charge in [-0.2, -0.15) is 0 Å². The topological polar surface area (TPSA) is 71.3 Å². The molecule has 0 spiro atoms. The van der Waals surface area contributed by atoms with Gasteiger partial charge in [0.15, 0.2) is 11.6 Å². The summed E-state index contributed by atoms with van der Waals surface area (Å²) in [6.45, 7) is 0. The van der Waals surface area contributed by atoms with Crippen molar-refractivity contribution in [3.05, 3.63) is 95.1 Å². The molecule has 0 amide bonds. The second-order valence-corrected chi connectivity index (χ2v) is 7.34. The number of hydrogen-bond acceptors (Lipinski definition) is 5. The second-order valence-electron chi connectivity index (χ2n) is 7.34. The molecule has 5 nitrogen and oxygen atoms in total. The Hall–Kier alpha value is -3.60. The molecule has 2 aromatic carbocycles. The zero-order valence-corrected chi connectivity index (χ0v) is 15.8. The number of carbonyl (C=O) groups is 2. The lowest BCUT2D eigenvalue weighted by Gasteiger charge is -2.23. The van der Waals surface area contributed by atoms with E-state index < -0.39 is 0 Å². The maximum Gasteiger partial charge on any atom is 0.193 e. The molecule has 1 aromatic heterocycles. The molecule has 2 N–H and O–H groups in total. The Labute approximate surface area is 168 Å². The molecule has 0 radical (unpaired) electrons. The Morgan fingerprint density at radius 2 is 1.79 bits per heavy atom. The third-order valence-electron chi connectivity index (χ3n) is 5.48. The number of allylic oxidation sites excluding steroid dienone is 1. The molecule has 1 aliphatic heterocycles. The van der Waals surface area contributed by atoms with Gasteiger partial charge in [0.2, 0.25) is 0 Å². The standard InChI is InChI=1S/C24H20N2O3/c27-20-9-4-8-18-22(20)23(21-10-5-13-29-21)26-17-12-11-16(14-19(17)25-18)24(28)15-6-2-1-3-7-15/h1-3,5-7,10-14,23,25-26H,4,8-9H2/t23-/m0/s1. The van der Waals surface area contributed by atoms with Crippen molar-refractivity contribution in [3.63, 3.8) is 0 Å². The highest BCUT2D eigenvalue weighted by Crippen LogP contribution is 2.41. The first kappa shape index (κ1) is 17.5. The van der Waals surface area contributed by atoms with Crippen LogP contribution >= 0.6 is 0 Å². The maximum absolute atomic E-state index is 12.9. The summed E-state index contributed by atoms with van der Waals surface area (Å²) in [4.78, 5) is 25.6. The fourth-order valence-electron chi connectivity index (χ4n) is 4.06. The minimum absolute atomic E-state index is 0.0315. The molecule has 2 aliphatic rings. The van der Waals surface area contributed by atoms with Crippen LogP contribution in [0.25, 0.3) is 0 Å². The van der Waals surface area contributed by atoms with E-state index in [1.54, 1.807) is 6.26 Å². The van der Waals surface area contributed by atoms with Crippen molar-refractivity contribution in [1.29, 1.82) is 0 Å². The van der Waals surface area contributed by atoms with Crippen molar-refractivity contribution in [2.24, 2.45) is 0 Å². The smallest absolute Gasteiger partial charge is 0.193 e. The quantitative estimate of drug-likeness (QED) is 0.615. The van der Waals surface area contributed by atoms with E-state index in [1.165, 1.54) is 0 Å². The molecule has 2 heterocycles. The predicted octanol–water partition coefficient (Wildman–Crippen LogP) is 5.10. The third kappa shape index (κ3) is 3.14. The largest absolute Gasteiger partial charge is 0.467 e. The van der Waals surface area contributed by atoms with Crippen molar-refractivity contribution >= 4 is 22.9 Å². The van der Waals surface area contributed by atoms with Crippen LogP contribution in [0.5, 0.6) is 0 Å². The molecule has 5 rings (SSSR count). The van der Waals surface area contributed by atoms with Gasteiger partial charge in [0.1, 0.15) is 11.8 Å². The first-order valence-corrected chi connectivity index (χ1v) is 9.78. The highest BCUT2D eigenvalue weighted by atomic mass is 16.3. The second kappa shape index (κ2) is 7.09. The summed E-state index contributed by atoms with van der Waals surface area (Å²) in [6, 6.07) is 18.1. The molecular weight excluding hydrogens is 364 g/mol. The van der Waals surface area contributed by atoms with Gasteiger partial charge in [0.25, 0.3) is 0 Å². The molecule has 3 aromatic rings. The Morgan fingerprint density at radius 1 is 0.931 bits per heavy atom. The number of Topliss-reactive ketones (excluding diaryl/α,β-unsaturated/α-hetero) is 1. The fourth-order valence-corrected chi connectivity index (χ4v) is 4.06. The number of carbonyl (C=O) groups excluding carboxylic acids is 2. The lowest BCUT2D eigenvalue weighted by atomic mass is 9.89. The zero-order valence-electron chi connectivity index (χ0n) is 15.8.